The largest absolute Gasteiger partial charge is 0.378 e. The third-order valence-corrected chi connectivity index (χ3v) is 4.84. The van der Waals surface area contributed by atoms with E-state index in [9.17, 15) is 0 Å². The van der Waals surface area contributed by atoms with Crippen molar-refractivity contribution in [1.29, 1.82) is 0 Å². The van der Waals surface area contributed by atoms with Crippen LogP contribution in [-0.2, 0) is 17.7 Å². The van der Waals surface area contributed by atoms with Crippen molar-refractivity contribution in [2.75, 3.05) is 45.3 Å². The van der Waals surface area contributed by atoms with Gasteiger partial charge in [-0.1, -0.05) is 25.1 Å². The van der Waals surface area contributed by atoms with Gasteiger partial charge in [0.15, 0.2) is 11.6 Å². The average Bonchev–Trinajstić information content (AvgIpc) is 3.09. The molecule has 6 heteroatoms. The van der Waals surface area contributed by atoms with Gasteiger partial charge in [0.2, 0.25) is 0 Å². The molecule has 27 heavy (non-hydrogen) atoms. The number of fused-ring (bicyclic) bond motifs is 1. The molecule has 3 aromatic rings. The van der Waals surface area contributed by atoms with Crippen molar-refractivity contribution in [3.8, 4) is 11.4 Å². The predicted molar refractivity (Wildman–Crippen MR) is 107 cm³/mol. The molecule has 0 amide bonds. The van der Waals surface area contributed by atoms with E-state index >= 15 is 0 Å². The van der Waals surface area contributed by atoms with Gasteiger partial charge >= 0.3 is 0 Å². The first-order valence-electron chi connectivity index (χ1n) is 9.51. The standard InChI is InChI=1S/C21H26N5O/c1-4-16-5-7-18(8-6-16)20-22-21(25-9-11-27-12-10-25)19-13-17(14-24(2)3)15-26(19)23-20/h5-7,13,15H,4,9-12,14H2,1-3H3. The maximum atomic E-state index is 5.53. The molecule has 6 nitrogen and oxygen atoms in total. The number of hydrogen-bond donors (Lipinski definition) is 0. The highest BCUT2D eigenvalue weighted by Gasteiger charge is 2.19. The second-order valence-electron chi connectivity index (χ2n) is 7.24. The van der Waals surface area contributed by atoms with Crippen LogP contribution in [-0.4, -0.2) is 59.9 Å². The minimum absolute atomic E-state index is 0.707. The van der Waals surface area contributed by atoms with E-state index in [1.165, 1.54) is 11.1 Å². The van der Waals surface area contributed by atoms with Gasteiger partial charge in [-0.3, -0.25) is 0 Å². The van der Waals surface area contributed by atoms with Crippen molar-refractivity contribution < 1.29 is 4.74 Å². The molecule has 1 aliphatic heterocycles. The first-order valence-corrected chi connectivity index (χ1v) is 9.51. The highest BCUT2D eigenvalue weighted by atomic mass is 16.5. The lowest BCUT2D eigenvalue weighted by molar-refractivity contribution is 0.122. The van der Waals surface area contributed by atoms with Crippen LogP contribution in [0.3, 0.4) is 0 Å². The number of hydrogen-bond acceptors (Lipinski definition) is 5. The molecule has 0 bridgehead atoms. The molecule has 1 fully saturated rings. The predicted octanol–water partition coefficient (Wildman–Crippen LogP) is 2.66. The average molecular weight is 364 g/mol. The fourth-order valence-electron chi connectivity index (χ4n) is 3.43. The van der Waals surface area contributed by atoms with Crippen LogP contribution in [0, 0.1) is 6.07 Å². The van der Waals surface area contributed by atoms with Crippen LogP contribution in [0.2, 0.25) is 0 Å². The summed E-state index contributed by atoms with van der Waals surface area (Å²) in [5.41, 5.74) is 4.46. The molecule has 0 spiro atoms. The third-order valence-electron chi connectivity index (χ3n) is 4.84. The second-order valence-corrected chi connectivity index (χ2v) is 7.24. The van der Waals surface area contributed by atoms with Crippen LogP contribution in [0.15, 0.2) is 30.5 Å². The molecule has 1 aliphatic rings. The summed E-state index contributed by atoms with van der Waals surface area (Å²) in [6.45, 7) is 6.17. The summed E-state index contributed by atoms with van der Waals surface area (Å²) in [4.78, 5) is 9.39. The number of aromatic nitrogens is 3. The van der Waals surface area contributed by atoms with E-state index in [1.54, 1.807) is 0 Å². The third kappa shape index (κ3) is 3.82. The molecule has 1 aromatic carbocycles. The van der Waals surface area contributed by atoms with E-state index in [1.807, 2.05) is 10.6 Å². The molecule has 3 heterocycles. The Morgan fingerprint density at radius 2 is 2.00 bits per heavy atom. The van der Waals surface area contributed by atoms with Crippen LogP contribution in [0.5, 0.6) is 0 Å². The lowest BCUT2D eigenvalue weighted by Gasteiger charge is -2.28. The van der Waals surface area contributed by atoms with Crippen molar-refractivity contribution >= 4 is 11.3 Å². The minimum Gasteiger partial charge on any atom is -0.378 e. The van der Waals surface area contributed by atoms with Gasteiger partial charge in [-0.25, -0.2) is 9.50 Å². The number of rotatable bonds is 5. The fourth-order valence-corrected chi connectivity index (χ4v) is 3.43. The molecule has 2 aromatic heterocycles. The monoisotopic (exact) mass is 364 g/mol. The first kappa shape index (κ1) is 17.9. The van der Waals surface area contributed by atoms with E-state index in [2.05, 4.69) is 61.3 Å². The molecular formula is C21H26N5O. The van der Waals surface area contributed by atoms with E-state index in [4.69, 9.17) is 14.8 Å². The van der Waals surface area contributed by atoms with Crippen molar-refractivity contribution in [3.63, 3.8) is 0 Å². The number of nitrogens with zero attached hydrogens (tertiary/aromatic N) is 5. The van der Waals surface area contributed by atoms with E-state index in [-0.39, 0.29) is 0 Å². The summed E-state index contributed by atoms with van der Waals surface area (Å²) >= 11 is 0. The van der Waals surface area contributed by atoms with Gasteiger partial charge < -0.3 is 14.5 Å². The zero-order valence-electron chi connectivity index (χ0n) is 16.3. The number of benzene rings is 1. The highest BCUT2D eigenvalue weighted by Crippen LogP contribution is 2.26. The minimum atomic E-state index is 0.707. The summed E-state index contributed by atoms with van der Waals surface area (Å²) in [6.07, 6.45) is 3.10. The normalized spacial score (nSPS) is 15.0. The molecule has 1 radical (unpaired) electrons. The van der Waals surface area contributed by atoms with Crippen LogP contribution in [0.1, 0.15) is 18.1 Å². The topological polar surface area (TPSA) is 45.9 Å². The number of ether oxygens (including phenoxy) is 1. The van der Waals surface area contributed by atoms with Crippen LogP contribution in [0.25, 0.3) is 16.9 Å². The number of aryl methyl sites for hydroxylation is 1. The van der Waals surface area contributed by atoms with E-state index in [0.29, 0.717) is 5.82 Å². The van der Waals surface area contributed by atoms with Gasteiger partial charge in [-0.2, -0.15) is 0 Å². The zero-order valence-corrected chi connectivity index (χ0v) is 16.3. The van der Waals surface area contributed by atoms with E-state index < -0.39 is 0 Å². The Balaban J connectivity index is 1.81. The summed E-state index contributed by atoms with van der Waals surface area (Å²) < 4.78 is 7.49. The molecule has 0 atom stereocenters. The Bertz CT molecular complexity index is 910. The van der Waals surface area contributed by atoms with Gasteiger partial charge in [-0.05, 0) is 43.8 Å². The second kappa shape index (κ2) is 7.66. The Hall–Kier alpha value is -2.44. The lowest BCUT2D eigenvalue weighted by atomic mass is 10.1. The van der Waals surface area contributed by atoms with Crippen molar-refractivity contribution in [2.24, 2.45) is 0 Å². The molecule has 0 saturated carbocycles. The van der Waals surface area contributed by atoms with Crippen molar-refractivity contribution in [3.05, 3.63) is 47.7 Å². The maximum absolute atomic E-state index is 5.53. The van der Waals surface area contributed by atoms with Gasteiger partial charge in [0.25, 0.3) is 0 Å². The first-order chi connectivity index (χ1) is 13.1. The number of morpholine rings is 1. The number of anilines is 1. The van der Waals surface area contributed by atoms with Crippen molar-refractivity contribution in [2.45, 2.75) is 19.9 Å². The quantitative estimate of drug-likeness (QED) is 0.696. The summed E-state index contributed by atoms with van der Waals surface area (Å²) in [5, 5.41) is 4.78. The Morgan fingerprint density at radius 3 is 2.67 bits per heavy atom. The summed E-state index contributed by atoms with van der Waals surface area (Å²) in [6, 6.07) is 11.8. The molecule has 141 valence electrons. The molecule has 0 aliphatic carbocycles. The van der Waals surface area contributed by atoms with E-state index in [0.717, 1.165) is 56.2 Å². The van der Waals surface area contributed by atoms with Crippen molar-refractivity contribution in [1.82, 2.24) is 19.5 Å². The molecule has 1 saturated heterocycles. The Labute approximate surface area is 160 Å². The smallest absolute Gasteiger partial charge is 0.182 e. The molecule has 0 unspecified atom stereocenters. The fraction of sp³-hybridized carbons (Fsp3) is 0.429. The molecule has 0 N–H and O–H groups in total. The van der Waals surface area contributed by atoms with Gasteiger partial charge in [0.05, 0.1) is 13.2 Å². The van der Waals surface area contributed by atoms with Crippen LogP contribution >= 0.6 is 0 Å². The molecular weight excluding hydrogens is 338 g/mol. The van der Waals surface area contributed by atoms with Gasteiger partial charge in [0.1, 0.15) is 5.52 Å². The summed E-state index contributed by atoms with van der Waals surface area (Å²) in [5.74, 6) is 1.68. The zero-order chi connectivity index (χ0) is 18.8. The Morgan fingerprint density at radius 1 is 1.19 bits per heavy atom. The highest BCUT2D eigenvalue weighted by molar-refractivity contribution is 5.72. The Kier molecular flexibility index (Phi) is 5.09. The lowest BCUT2D eigenvalue weighted by Crippen LogP contribution is -2.37. The van der Waals surface area contributed by atoms with Crippen LogP contribution < -0.4 is 4.90 Å². The van der Waals surface area contributed by atoms with Crippen LogP contribution in [0.4, 0.5) is 5.82 Å². The molecule has 4 rings (SSSR count). The SMILES string of the molecule is CCc1c[c]c(-c2nc(N3CCOCC3)c3cc(CN(C)C)cn3n2)cc1. The van der Waals surface area contributed by atoms with Gasteiger partial charge in [-0.15, -0.1) is 5.10 Å². The maximum Gasteiger partial charge on any atom is 0.182 e. The van der Waals surface area contributed by atoms with Gasteiger partial charge in [0, 0.05) is 31.4 Å². The summed E-state index contributed by atoms with van der Waals surface area (Å²) in [7, 11) is 4.15.